The largest absolute Gasteiger partial charge is 0.487 e. The Morgan fingerprint density at radius 3 is 2.84 bits per heavy atom. The number of aliphatic hydroxyl groups excluding tert-OH is 1. The summed E-state index contributed by atoms with van der Waals surface area (Å²) in [5.41, 5.74) is -0.0431. The molecular formula is C13H18N2O4. The van der Waals surface area contributed by atoms with Crippen LogP contribution in [0.25, 0.3) is 0 Å². The van der Waals surface area contributed by atoms with Gasteiger partial charge in [0.25, 0.3) is 0 Å². The van der Waals surface area contributed by atoms with Crippen LogP contribution in [0, 0.1) is 0 Å². The highest BCUT2D eigenvalue weighted by atomic mass is 16.5. The van der Waals surface area contributed by atoms with Gasteiger partial charge < -0.3 is 20.3 Å². The van der Waals surface area contributed by atoms with E-state index in [1.54, 1.807) is 6.07 Å². The molecule has 0 amide bonds. The summed E-state index contributed by atoms with van der Waals surface area (Å²) in [5.74, 6) is -0.162. The number of nitrogens with one attached hydrogen (secondary N) is 1. The zero-order chi connectivity index (χ0) is 13.8. The molecule has 1 aliphatic rings. The van der Waals surface area contributed by atoms with Crippen LogP contribution in [0.3, 0.4) is 0 Å². The van der Waals surface area contributed by atoms with Gasteiger partial charge in [0.05, 0.1) is 18.8 Å². The fraction of sp³-hybridized carbons (Fsp3) is 0.538. The van der Waals surface area contributed by atoms with Gasteiger partial charge in [-0.05, 0) is 31.4 Å². The molecule has 0 spiro atoms. The minimum Gasteiger partial charge on any atom is -0.487 e. The first kappa shape index (κ1) is 13.6. The fourth-order valence-corrected chi connectivity index (χ4v) is 1.60. The molecule has 0 bridgehead atoms. The second-order valence-corrected chi connectivity index (χ2v) is 4.60. The van der Waals surface area contributed by atoms with Gasteiger partial charge in [-0.3, -0.25) is 0 Å². The highest BCUT2D eigenvalue weighted by molar-refractivity contribution is 5.86. The predicted molar refractivity (Wildman–Crippen MR) is 69.6 cm³/mol. The van der Waals surface area contributed by atoms with Crippen LogP contribution in [0.4, 0.5) is 5.82 Å². The Morgan fingerprint density at radius 1 is 1.58 bits per heavy atom. The van der Waals surface area contributed by atoms with Crippen molar-refractivity contribution in [2.24, 2.45) is 0 Å². The maximum absolute atomic E-state index is 10.9. The van der Waals surface area contributed by atoms with Gasteiger partial charge in [0.1, 0.15) is 0 Å². The van der Waals surface area contributed by atoms with Gasteiger partial charge >= 0.3 is 5.97 Å². The SMILES string of the molecule is CC[C@H](CO)Nc1nc(C(=O)O)ccc1OC1CC1. The molecule has 1 heterocycles. The van der Waals surface area contributed by atoms with Crippen LogP contribution in [0.1, 0.15) is 36.7 Å². The lowest BCUT2D eigenvalue weighted by Crippen LogP contribution is -2.24. The maximum atomic E-state index is 10.9. The van der Waals surface area contributed by atoms with Crippen molar-refractivity contribution in [1.29, 1.82) is 0 Å². The summed E-state index contributed by atoms with van der Waals surface area (Å²) in [5, 5.41) is 21.2. The van der Waals surface area contributed by atoms with E-state index in [0.29, 0.717) is 18.0 Å². The van der Waals surface area contributed by atoms with Crippen LogP contribution in [-0.4, -0.2) is 39.9 Å². The van der Waals surface area contributed by atoms with Crippen molar-refractivity contribution in [1.82, 2.24) is 4.98 Å². The number of carboxylic acid groups (broad SMARTS) is 1. The van der Waals surface area contributed by atoms with Gasteiger partial charge in [-0.1, -0.05) is 6.92 Å². The molecule has 0 radical (unpaired) electrons. The number of aromatic nitrogens is 1. The zero-order valence-electron chi connectivity index (χ0n) is 10.8. The second kappa shape index (κ2) is 5.88. The normalized spacial score (nSPS) is 15.9. The highest BCUT2D eigenvalue weighted by Crippen LogP contribution is 2.31. The number of aromatic carboxylic acids is 1. The van der Waals surface area contributed by atoms with E-state index in [4.69, 9.17) is 9.84 Å². The Balaban J connectivity index is 2.22. The summed E-state index contributed by atoms with van der Waals surface area (Å²) < 4.78 is 5.68. The van der Waals surface area contributed by atoms with E-state index in [-0.39, 0.29) is 24.4 Å². The van der Waals surface area contributed by atoms with Crippen LogP contribution in [0.5, 0.6) is 5.75 Å². The number of hydrogen-bond donors (Lipinski definition) is 3. The van der Waals surface area contributed by atoms with Crippen LogP contribution >= 0.6 is 0 Å². The molecule has 1 aromatic rings. The van der Waals surface area contributed by atoms with Crippen molar-refractivity contribution in [3.63, 3.8) is 0 Å². The third-order valence-corrected chi connectivity index (χ3v) is 2.95. The topological polar surface area (TPSA) is 91.7 Å². The van der Waals surface area contributed by atoms with Crippen molar-refractivity contribution in [3.8, 4) is 5.75 Å². The highest BCUT2D eigenvalue weighted by Gasteiger charge is 2.25. The Labute approximate surface area is 111 Å². The molecule has 6 nitrogen and oxygen atoms in total. The molecule has 1 saturated carbocycles. The molecule has 1 aliphatic carbocycles. The minimum atomic E-state index is -1.09. The molecule has 104 valence electrons. The fourth-order valence-electron chi connectivity index (χ4n) is 1.60. The standard InChI is InChI=1S/C13H18N2O4/c1-2-8(7-16)14-12-11(19-9-3-4-9)6-5-10(15-12)13(17)18/h5-6,8-9,16H,2-4,7H2,1H3,(H,14,15)(H,17,18)/t8-/m1/s1. The molecule has 1 aromatic heterocycles. The van der Waals surface area contributed by atoms with Crippen molar-refractivity contribution >= 4 is 11.8 Å². The average molecular weight is 266 g/mol. The lowest BCUT2D eigenvalue weighted by Gasteiger charge is -2.18. The molecule has 3 N–H and O–H groups in total. The molecule has 0 unspecified atom stereocenters. The Kier molecular flexibility index (Phi) is 4.21. The molecule has 1 fully saturated rings. The molecule has 2 rings (SSSR count). The lowest BCUT2D eigenvalue weighted by atomic mass is 10.2. The number of aliphatic hydroxyl groups is 1. The van der Waals surface area contributed by atoms with E-state index in [9.17, 15) is 9.90 Å². The third-order valence-electron chi connectivity index (χ3n) is 2.95. The van der Waals surface area contributed by atoms with E-state index >= 15 is 0 Å². The smallest absolute Gasteiger partial charge is 0.354 e. The summed E-state index contributed by atoms with van der Waals surface area (Å²) in [6.45, 7) is 1.88. The first-order chi connectivity index (χ1) is 9.13. The first-order valence-corrected chi connectivity index (χ1v) is 6.42. The van der Waals surface area contributed by atoms with Gasteiger partial charge in [0.15, 0.2) is 17.3 Å². The van der Waals surface area contributed by atoms with Crippen molar-refractivity contribution in [3.05, 3.63) is 17.8 Å². The second-order valence-electron chi connectivity index (χ2n) is 4.60. The van der Waals surface area contributed by atoms with Crippen molar-refractivity contribution in [2.45, 2.75) is 38.3 Å². The number of anilines is 1. The number of carboxylic acids is 1. The van der Waals surface area contributed by atoms with E-state index < -0.39 is 5.97 Å². The van der Waals surface area contributed by atoms with E-state index in [1.165, 1.54) is 6.07 Å². The Bertz CT molecular complexity index is 456. The van der Waals surface area contributed by atoms with E-state index in [2.05, 4.69) is 10.3 Å². The molecule has 0 aliphatic heterocycles. The van der Waals surface area contributed by atoms with Crippen LogP contribution in [-0.2, 0) is 0 Å². The molecule has 0 aromatic carbocycles. The van der Waals surface area contributed by atoms with Crippen molar-refractivity contribution in [2.75, 3.05) is 11.9 Å². The number of nitrogens with zero attached hydrogens (tertiary/aromatic N) is 1. The number of ether oxygens (including phenoxy) is 1. The van der Waals surface area contributed by atoms with Crippen molar-refractivity contribution < 1.29 is 19.7 Å². The molecule has 19 heavy (non-hydrogen) atoms. The molecular weight excluding hydrogens is 248 g/mol. The summed E-state index contributed by atoms with van der Waals surface area (Å²) in [6.07, 6.45) is 2.93. The van der Waals surface area contributed by atoms with Crippen LogP contribution < -0.4 is 10.1 Å². The quantitative estimate of drug-likeness (QED) is 0.692. The molecule has 1 atom stereocenters. The first-order valence-electron chi connectivity index (χ1n) is 6.42. The van der Waals surface area contributed by atoms with Gasteiger partial charge in [0.2, 0.25) is 0 Å². The maximum Gasteiger partial charge on any atom is 0.354 e. The average Bonchev–Trinajstić information content (AvgIpc) is 3.21. The Hall–Kier alpha value is -1.82. The lowest BCUT2D eigenvalue weighted by molar-refractivity contribution is 0.0690. The van der Waals surface area contributed by atoms with Gasteiger partial charge in [-0.2, -0.15) is 0 Å². The number of hydrogen-bond acceptors (Lipinski definition) is 5. The van der Waals surface area contributed by atoms with Crippen LogP contribution in [0.2, 0.25) is 0 Å². The number of pyridine rings is 1. The molecule has 6 heteroatoms. The summed E-state index contributed by atoms with van der Waals surface area (Å²) in [7, 11) is 0. The van der Waals surface area contributed by atoms with E-state index in [1.807, 2.05) is 6.92 Å². The third kappa shape index (κ3) is 3.57. The predicted octanol–water partition coefficient (Wildman–Crippen LogP) is 1.50. The zero-order valence-corrected chi connectivity index (χ0v) is 10.8. The van der Waals surface area contributed by atoms with E-state index in [0.717, 1.165) is 12.8 Å². The van der Waals surface area contributed by atoms with Crippen LogP contribution in [0.15, 0.2) is 12.1 Å². The summed E-state index contributed by atoms with van der Waals surface area (Å²) in [6, 6.07) is 2.87. The number of rotatable bonds is 7. The molecule has 0 saturated heterocycles. The number of carbonyl (C=O) groups is 1. The van der Waals surface area contributed by atoms with Gasteiger partial charge in [0, 0.05) is 0 Å². The van der Waals surface area contributed by atoms with Gasteiger partial charge in [-0.15, -0.1) is 0 Å². The minimum absolute atomic E-state index is 0.0431. The van der Waals surface area contributed by atoms with Gasteiger partial charge in [-0.25, -0.2) is 9.78 Å². The summed E-state index contributed by atoms with van der Waals surface area (Å²) >= 11 is 0. The summed E-state index contributed by atoms with van der Waals surface area (Å²) in [4.78, 5) is 15.0. The monoisotopic (exact) mass is 266 g/mol. The Morgan fingerprint density at radius 2 is 2.32 bits per heavy atom.